The van der Waals surface area contributed by atoms with Crippen LogP contribution in [0.2, 0.25) is 0 Å². The van der Waals surface area contributed by atoms with Crippen LogP contribution in [0.1, 0.15) is 80.3 Å². The van der Waals surface area contributed by atoms with Gasteiger partial charge in [-0.25, -0.2) is 4.79 Å². The molecule has 0 bridgehead atoms. The maximum atomic E-state index is 13.0. The summed E-state index contributed by atoms with van der Waals surface area (Å²) in [6, 6.07) is 17.4. The minimum absolute atomic E-state index is 0.147. The zero-order valence-corrected chi connectivity index (χ0v) is 24.9. The number of hydrogen-bond acceptors (Lipinski definition) is 5. The van der Waals surface area contributed by atoms with Gasteiger partial charge in [0.25, 0.3) is 5.91 Å². The molecule has 3 amide bonds. The Bertz CT molecular complexity index is 1230. The number of aliphatic carboxylic acids is 1. The molecule has 2 aromatic carbocycles. The van der Waals surface area contributed by atoms with E-state index in [1.54, 1.807) is 9.80 Å². The van der Waals surface area contributed by atoms with Crippen LogP contribution in [0.4, 0.5) is 4.79 Å². The summed E-state index contributed by atoms with van der Waals surface area (Å²) in [6.07, 6.45) is 3.18. The van der Waals surface area contributed by atoms with Gasteiger partial charge in [-0.2, -0.15) is 0 Å². The van der Waals surface area contributed by atoms with Gasteiger partial charge in [0.05, 0.1) is 12.3 Å². The Hall–Kier alpha value is -3.88. The van der Waals surface area contributed by atoms with Crippen molar-refractivity contribution < 1.29 is 29.0 Å². The number of nitrogens with one attached hydrogen (secondary N) is 1. The van der Waals surface area contributed by atoms with Crippen LogP contribution in [-0.2, 0) is 20.7 Å². The van der Waals surface area contributed by atoms with E-state index in [-0.39, 0.29) is 36.9 Å². The summed E-state index contributed by atoms with van der Waals surface area (Å²) < 4.78 is 5.49. The average molecular weight is 578 g/mol. The van der Waals surface area contributed by atoms with Crippen LogP contribution < -0.4 is 5.32 Å². The van der Waals surface area contributed by atoms with Crippen LogP contribution in [0.25, 0.3) is 0 Å². The number of ether oxygens (including phenoxy) is 1. The van der Waals surface area contributed by atoms with E-state index in [1.807, 2.05) is 63.2 Å². The van der Waals surface area contributed by atoms with Crippen molar-refractivity contribution in [3.05, 3.63) is 71.3 Å². The highest BCUT2D eigenvalue weighted by molar-refractivity contribution is 5.94. The fourth-order valence-electron chi connectivity index (χ4n) is 5.88. The molecule has 42 heavy (non-hydrogen) atoms. The Balaban J connectivity index is 1.29. The fraction of sp³-hybridized carbons (Fsp3) is 0.515. The molecule has 9 nitrogen and oxygen atoms in total. The zero-order valence-electron chi connectivity index (χ0n) is 24.9. The van der Waals surface area contributed by atoms with Crippen LogP contribution >= 0.6 is 0 Å². The second-order valence-electron chi connectivity index (χ2n) is 12.4. The average Bonchev–Trinajstić information content (AvgIpc) is 3.24. The highest BCUT2D eigenvalue weighted by Crippen LogP contribution is 2.30. The van der Waals surface area contributed by atoms with Crippen molar-refractivity contribution in [1.82, 2.24) is 15.1 Å². The van der Waals surface area contributed by atoms with Crippen LogP contribution in [-0.4, -0.2) is 76.6 Å². The largest absolute Gasteiger partial charge is 0.481 e. The molecule has 2 N–H and O–H groups in total. The molecule has 0 aliphatic carbocycles. The molecule has 4 rings (SSSR count). The Kier molecular flexibility index (Phi) is 10.2. The number of amides is 3. The predicted molar refractivity (Wildman–Crippen MR) is 159 cm³/mol. The van der Waals surface area contributed by atoms with E-state index < -0.39 is 17.5 Å². The third kappa shape index (κ3) is 8.57. The van der Waals surface area contributed by atoms with Crippen molar-refractivity contribution in [2.45, 2.75) is 76.9 Å². The van der Waals surface area contributed by atoms with Crippen molar-refractivity contribution in [3.63, 3.8) is 0 Å². The first-order valence-corrected chi connectivity index (χ1v) is 14.9. The summed E-state index contributed by atoms with van der Waals surface area (Å²) in [7, 11) is 0. The van der Waals surface area contributed by atoms with Gasteiger partial charge in [0.15, 0.2) is 0 Å². The molecule has 2 aliphatic rings. The van der Waals surface area contributed by atoms with Crippen LogP contribution in [0.3, 0.4) is 0 Å². The molecule has 2 fully saturated rings. The van der Waals surface area contributed by atoms with E-state index in [0.717, 1.165) is 31.2 Å². The lowest BCUT2D eigenvalue weighted by molar-refractivity contribution is -0.142. The fourth-order valence-corrected chi connectivity index (χ4v) is 5.88. The first kappa shape index (κ1) is 31.1. The monoisotopic (exact) mass is 577 g/mol. The first-order valence-electron chi connectivity index (χ1n) is 14.9. The topological polar surface area (TPSA) is 116 Å². The number of rotatable bonds is 10. The normalized spacial score (nSPS) is 19.5. The lowest BCUT2D eigenvalue weighted by Crippen LogP contribution is -2.42. The Labute approximate surface area is 248 Å². The molecule has 0 radical (unpaired) electrons. The van der Waals surface area contributed by atoms with E-state index in [2.05, 4.69) is 17.4 Å². The summed E-state index contributed by atoms with van der Waals surface area (Å²) in [6.45, 7) is 7.65. The maximum Gasteiger partial charge on any atom is 0.410 e. The highest BCUT2D eigenvalue weighted by Gasteiger charge is 2.40. The van der Waals surface area contributed by atoms with Gasteiger partial charge in [-0.05, 0) is 82.1 Å². The minimum Gasteiger partial charge on any atom is -0.481 e. The summed E-state index contributed by atoms with van der Waals surface area (Å²) >= 11 is 0. The van der Waals surface area contributed by atoms with Crippen molar-refractivity contribution in [2.75, 3.05) is 26.2 Å². The molecule has 0 aromatic heterocycles. The highest BCUT2D eigenvalue weighted by atomic mass is 16.6. The van der Waals surface area contributed by atoms with Gasteiger partial charge < -0.3 is 25.0 Å². The Morgan fingerprint density at radius 2 is 1.67 bits per heavy atom. The van der Waals surface area contributed by atoms with Gasteiger partial charge >= 0.3 is 12.1 Å². The number of carboxylic acid groups (broad SMARTS) is 1. The van der Waals surface area contributed by atoms with E-state index in [1.165, 1.54) is 5.56 Å². The molecule has 0 spiro atoms. The standard InChI is InChI=1S/C33H43N3O6/c1-33(2,3)42-32(41)35-18-15-25(16-19-35)24-11-13-26(14-12-24)30(39)34-22-28-20-27(21-29(37)38)31(40)36(28)17-7-10-23-8-5-4-6-9-23/h4-6,8-9,11-14,25,27-28H,7,10,15-22H2,1-3H3,(H,34,39)(H,37,38)/t27-,28-/m0/s1. The zero-order chi connectivity index (χ0) is 30.3. The second-order valence-corrected chi connectivity index (χ2v) is 12.4. The lowest BCUT2D eigenvalue weighted by atomic mass is 9.89. The smallest absolute Gasteiger partial charge is 0.410 e. The molecule has 2 aromatic rings. The van der Waals surface area contributed by atoms with E-state index in [0.29, 0.717) is 37.5 Å². The number of aryl methyl sites for hydroxylation is 1. The van der Waals surface area contributed by atoms with E-state index in [9.17, 15) is 24.3 Å². The SMILES string of the molecule is CC(C)(C)OC(=O)N1CCC(c2ccc(C(=O)NC[C@@H]3C[C@@H](CC(=O)O)C(=O)N3CCCc3ccccc3)cc2)CC1. The molecule has 2 saturated heterocycles. The van der Waals surface area contributed by atoms with Crippen molar-refractivity contribution >= 4 is 23.9 Å². The minimum atomic E-state index is -0.988. The van der Waals surface area contributed by atoms with Gasteiger partial charge in [0, 0.05) is 37.8 Å². The summed E-state index contributed by atoms with van der Waals surface area (Å²) in [4.78, 5) is 53.2. The van der Waals surface area contributed by atoms with Crippen LogP contribution in [0, 0.1) is 5.92 Å². The van der Waals surface area contributed by atoms with E-state index in [4.69, 9.17) is 4.74 Å². The van der Waals surface area contributed by atoms with Gasteiger partial charge in [0.1, 0.15) is 5.60 Å². The molecular formula is C33H43N3O6. The van der Waals surface area contributed by atoms with Gasteiger partial charge in [-0.3, -0.25) is 14.4 Å². The maximum absolute atomic E-state index is 13.0. The molecule has 0 saturated carbocycles. The van der Waals surface area contributed by atoms with Crippen molar-refractivity contribution in [2.24, 2.45) is 5.92 Å². The lowest BCUT2D eigenvalue weighted by Gasteiger charge is -2.33. The number of likely N-dealkylation sites (tertiary alicyclic amines) is 2. The molecular weight excluding hydrogens is 534 g/mol. The number of hydrogen-bond donors (Lipinski definition) is 2. The van der Waals surface area contributed by atoms with Gasteiger partial charge in [-0.1, -0.05) is 42.5 Å². The Morgan fingerprint density at radius 1 is 1.00 bits per heavy atom. The number of carboxylic acids is 1. The first-order chi connectivity index (χ1) is 20.0. The summed E-state index contributed by atoms with van der Waals surface area (Å²) in [5.74, 6) is -1.62. The van der Waals surface area contributed by atoms with Gasteiger partial charge in [0.2, 0.25) is 5.91 Å². The quantitative estimate of drug-likeness (QED) is 0.417. The third-order valence-corrected chi connectivity index (χ3v) is 8.05. The number of nitrogens with zero attached hydrogens (tertiary/aromatic N) is 2. The molecule has 2 heterocycles. The molecule has 226 valence electrons. The van der Waals surface area contributed by atoms with Gasteiger partial charge in [-0.15, -0.1) is 0 Å². The second kappa shape index (κ2) is 13.9. The van der Waals surface area contributed by atoms with Crippen molar-refractivity contribution in [1.29, 1.82) is 0 Å². The Morgan fingerprint density at radius 3 is 2.29 bits per heavy atom. The third-order valence-electron chi connectivity index (χ3n) is 8.05. The molecule has 0 unspecified atom stereocenters. The molecule has 2 aliphatic heterocycles. The molecule has 2 atom stereocenters. The van der Waals surface area contributed by atoms with Crippen LogP contribution in [0.5, 0.6) is 0 Å². The van der Waals surface area contributed by atoms with Crippen LogP contribution in [0.15, 0.2) is 54.6 Å². The number of carbonyl (C=O) groups excluding carboxylic acids is 3. The summed E-state index contributed by atoms with van der Waals surface area (Å²) in [5.41, 5.74) is 2.34. The summed E-state index contributed by atoms with van der Waals surface area (Å²) in [5, 5.41) is 12.3. The molecule has 9 heteroatoms. The number of piperidine rings is 1. The number of carbonyl (C=O) groups is 4. The predicted octanol–water partition coefficient (Wildman–Crippen LogP) is 4.86. The number of benzene rings is 2. The van der Waals surface area contributed by atoms with E-state index >= 15 is 0 Å². The van der Waals surface area contributed by atoms with Crippen molar-refractivity contribution in [3.8, 4) is 0 Å².